The summed E-state index contributed by atoms with van der Waals surface area (Å²) in [6.07, 6.45) is 0. The molecule has 0 spiro atoms. The Morgan fingerprint density at radius 3 is 2.25 bits per heavy atom. The van der Waals surface area contributed by atoms with E-state index in [2.05, 4.69) is 31.1 Å². The molecule has 1 rings (SSSR count). The van der Waals surface area contributed by atoms with Crippen molar-refractivity contribution in [3.8, 4) is 5.88 Å². The fourth-order valence-corrected chi connectivity index (χ4v) is 1.28. The van der Waals surface area contributed by atoms with Crippen molar-refractivity contribution >= 4 is 0 Å². The monoisotopic (exact) mass is 169 g/mol. The van der Waals surface area contributed by atoms with Gasteiger partial charge in [0.1, 0.15) is 5.69 Å². The summed E-state index contributed by atoms with van der Waals surface area (Å²) in [7, 11) is 3.48. The van der Waals surface area contributed by atoms with Gasteiger partial charge in [0.2, 0.25) is 0 Å². The molecule has 0 aromatic carbocycles. The lowest BCUT2D eigenvalue weighted by Gasteiger charge is -2.18. The fraction of sp³-hybridized carbons (Fsp3) is 0.750. The second-order valence-electron chi connectivity index (χ2n) is 3.82. The first-order valence-corrected chi connectivity index (χ1v) is 3.91. The number of hydrogen-bond donors (Lipinski definition) is 0. The number of methoxy groups -OCH3 is 1. The largest absolute Gasteiger partial charge is 0.479 e. The Hall–Kier alpha value is -1.06. The third-order valence-electron chi connectivity index (χ3n) is 1.70. The van der Waals surface area contributed by atoms with Crippen LogP contribution >= 0.6 is 0 Å². The van der Waals surface area contributed by atoms with Crippen LogP contribution in [0.3, 0.4) is 0 Å². The topological polar surface area (TPSA) is 39.9 Å². The van der Waals surface area contributed by atoms with E-state index in [1.165, 1.54) is 0 Å². The van der Waals surface area contributed by atoms with E-state index in [1.807, 2.05) is 7.05 Å². The minimum Gasteiger partial charge on any atom is -0.479 e. The number of aryl methyl sites for hydroxylation is 1. The SMILES string of the molecule is COc1nnn(C)c1C(C)(C)C. The van der Waals surface area contributed by atoms with E-state index in [-0.39, 0.29) is 5.41 Å². The summed E-state index contributed by atoms with van der Waals surface area (Å²) in [5.41, 5.74) is 1.04. The van der Waals surface area contributed by atoms with Crippen molar-refractivity contribution in [2.45, 2.75) is 26.2 Å². The first-order chi connectivity index (χ1) is 5.46. The predicted octanol–water partition coefficient (Wildman–Crippen LogP) is 1.12. The van der Waals surface area contributed by atoms with Crippen molar-refractivity contribution in [2.75, 3.05) is 7.11 Å². The summed E-state index contributed by atoms with van der Waals surface area (Å²) in [4.78, 5) is 0. The van der Waals surface area contributed by atoms with Crippen LogP contribution in [0.4, 0.5) is 0 Å². The molecule has 1 heterocycles. The van der Waals surface area contributed by atoms with Crippen LogP contribution in [0, 0.1) is 0 Å². The van der Waals surface area contributed by atoms with E-state index in [0.29, 0.717) is 5.88 Å². The summed E-state index contributed by atoms with van der Waals surface area (Å²) < 4.78 is 6.85. The van der Waals surface area contributed by atoms with E-state index in [1.54, 1.807) is 11.8 Å². The molecule has 0 radical (unpaired) electrons. The summed E-state index contributed by atoms with van der Waals surface area (Å²) in [5.74, 6) is 0.616. The molecule has 0 saturated carbocycles. The fourth-order valence-electron chi connectivity index (χ4n) is 1.28. The van der Waals surface area contributed by atoms with Crippen molar-refractivity contribution in [3.63, 3.8) is 0 Å². The van der Waals surface area contributed by atoms with Crippen LogP contribution in [0.2, 0.25) is 0 Å². The summed E-state index contributed by atoms with van der Waals surface area (Å²) in [5, 5.41) is 7.79. The Balaban J connectivity index is 3.19. The molecule has 0 aliphatic heterocycles. The maximum absolute atomic E-state index is 5.10. The van der Waals surface area contributed by atoms with Gasteiger partial charge in [0, 0.05) is 12.5 Å². The Kier molecular flexibility index (Phi) is 2.08. The lowest BCUT2D eigenvalue weighted by Crippen LogP contribution is -2.17. The van der Waals surface area contributed by atoms with Gasteiger partial charge in [0.25, 0.3) is 5.88 Å². The Morgan fingerprint density at radius 2 is 1.92 bits per heavy atom. The highest BCUT2D eigenvalue weighted by Gasteiger charge is 2.24. The normalized spacial score (nSPS) is 11.8. The van der Waals surface area contributed by atoms with Gasteiger partial charge in [0.15, 0.2) is 0 Å². The summed E-state index contributed by atoms with van der Waals surface area (Å²) in [6.45, 7) is 6.32. The van der Waals surface area contributed by atoms with E-state index in [0.717, 1.165) is 5.69 Å². The molecule has 0 aliphatic rings. The van der Waals surface area contributed by atoms with Crippen molar-refractivity contribution < 1.29 is 4.74 Å². The van der Waals surface area contributed by atoms with Gasteiger partial charge >= 0.3 is 0 Å². The smallest absolute Gasteiger partial charge is 0.257 e. The Bertz CT molecular complexity index is 272. The molecule has 0 atom stereocenters. The van der Waals surface area contributed by atoms with Crippen LogP contribution in [0.5, 0.6) is 5.88 Å². The highest BCUT2D eigenvalue weighted by Crippen LogP contribution is 2.27. The first kappa shape index (κ1) is 9.03. The van der Waals surface area contributed by atoms with Crippen LogP contribution in [-0.2, 0) is 12.5 Å². The first-order valence-electron chi connectivity index (χ1n) is 3.91. The van der Waals surface area contributed by atoms with Gasteiger partial charge in [-0.15, -0.1) is 0 Å². The van der Waals surface area contributed by atoms with E-state index < -0.39 is 0 Å². The highest BCUT2D eigenvalue weighted by molar-refractivity contribution is 5.24. The number of aromatic nitrogens is 3. The molecule has 0 N–H and O–H groups in total. The molecule has 4 nitrogen and oxygen atoms in total. The second kappa shape index (κ2) is 2.77. The van der Waals surface area contributed by atoms with Gasteiger partial charge in [-0.2, -0.15) is 0 Å². The number of hydrogen-bond acceptors (Lipinski definition) is 3. The zero-order chi connectivity index (χ0) is 9.35. The number of nitrogens with zero attached hydrogens (tertiary/aromatic N) is 3. The predicted molar refractivity (Wildman–Crippen MR) is 46.3 cm³/mol. The van der Waals surface area contributed by atoms with E-state index in [4.69, 9.17) is 4.74 Å². The lowest BCUT2D eigenvalue weighted by molar-refractivity contribution is 0.379. The minimum atomic E-state index is 0.0175. The Morgan fingerprint density at radius 1 is 1.33 bits per heavy atom. The lowest BCUT2D eigenvalue weighted by atomic mass is 9.92. The third kappa shape index (κ3) is 1.42. The standard InChI is InChI=1S/C8H15N3O/c1-8(2,3)6-7(12-5)9-10-11(6)4/h1-5H3. The van der Waals surface area contributed by atoms with Crippen molar-refractivity contribution in [1.82, 2.24) is 15.0 Å². The molecule has 68 valence electrons. The van der Waals surface area contributed by atoms with Gasteiger partial charge in [0.05, 0.1) is 7.11 Å². The van der Waals surface area contributed by atoms with Crippen LogP contribution in [0.15, 0.2) is 0 Å². The van der Waals surface area contributed by atoms with Crippen molar-refractivity contribution in [1.29, 1.82) is 0 Å². The molecule has 0 saturated heterocycles. The molecule has 0 fully saturated rings. The van der Waals surface area contributed by atoms with Crippen LogP contribution < -0.4 is 4.74 Å². The number of rotatable bonds is 1. The maximum atomic E-state index is 5.10. The average molecular weight is 169 g/mol. The van der Waals surface area contributed by atoms with Gasteiger partial charge in [-0.3, -0.25) is 0 Å². The maximum Gasteiger partial charge on any atom is 0.257 e. The molecule has 1 aromatic rings. The van der Waals surface area contributed by atoms with Gasteiger partial charge in [-0.25, -0.2) is 4.68 Å². The zero-order valence-electron chi connectivity index (χ0n) is 8.25. The van der Waals surface area contributed by atoms with E-state index >= 15 is 0 Å². The molecule has 0 unspecified atom stereocenters. The van der Waals surface area contributed by atoms with Crippen molar-refractivity contribution in [3.05, 3.63) is 5.69 Å². The van der Waals surface area contributed by atoms with Crippen LogP contribution in [0.1, 0.15) is 26.5 Å². The molecule has 12 heavy (non-hydrogen) atoms. The molecule has 0 amide bonds. The molecule has 4 heteroatoms. The molecular weight excluding hydrogens is 154 g/mol. The summed E-state index contributed by atoms with van der Waals surface area (Å²) in [6, 6.07) is 0. The molecule has 0 aliphatic carbocycles. The quantitative estimate of drug-likeness (QED) is 0.632. The third-order valence-corrected chi connectivity index (χ3v) is 1.70. The van der Waals surface area contributed by atoms with Gasteiger partial charge < -0.3 is 4.74 Å². The molecule has 1 aromatic heterocycles. The Labute approximate surface area is 72.5 Å². The van der Waals surface area contributed by atoms with Gasteiger partial charge in [-0.1, -0.05) is 31.1 Å². The zero-order valence-corrected chi connectivity index (χ0v) is 8.25. The van der Waals surface area contributed by atoms with Crippen molar-refractivity contribution in [2.24, 2.45) is 7.05 Å². The second-order valence-corrected chi connectivity index (χ2v) is 3.82. The van der Waals surface area contributed by atoms with Gasteiger partial charge in [-0.05, 0) is 0 Å². The highest BCUT2D eigenvalue weighted by atomic mass is 16.5. The average Bonchev–Trinajstić information content (AvgIpc) is 2.29. The van der Waals surface area contributed by atoms with E-state index in [9.17, 15) is 0 Å². The molecule has 0 bridgehead atoms. The number of ether oxygens (including phenoxy) is 1. The molecular formula is C8H15N3O. The minimum absolute atomic E-state index is 0.0175. The van der Waals surface area contributed by atoms with Crippen LogP contribution in [0.25, 0.3) is 0 Å². The summed E-state index contributed by atoms with van der Waals surface area (Å²) >= 11 is 0. The van der Waals surface area contributed by atoms with Crippen LogP contribution in [-0.4, -0.2) is 22.1 Å².